The zero-order valence-corrected chi connectivity index (χ0v) is 16.9. The molecule has 0 aliphatic heterocycles. The molecule has 2 aromatic rings. The molecule has 0 fully saturated rings. The summed E-state index contributed by atoms with van der Waals surface area (Å²) in [5, 5.41) is 7.11. The summed E-state index contributed by atoms with van der Waals surface area (Å²) in [7, 11) is 0. The molecule has 0 aromatic carbocycles. The molecule has 0 saturated carbocycles. The molecule has 0 saturated heterocycles. The number of hydrogen-bond donors (Lipinski definition) is 2. The van der Waals surface area contributed by atoms with E-state index in [4.69, 9.17) is 11.6 Å². The van der Waals surface area contributed by atoms with Crippen LogP contribution in [0, 0.1) is 0 Å². The number of rotatable bonds is 8. The van der Waals surface area contributed by atoms with Crippen LogP contribution < -0.4 is 10.6 Å². The molecule has 2 heterocycles. The molecule has 0 radical (unpaired) electrons. The van der Waals surface area contributed by atoms with E-state index in [-0.39, 0.29) is 24.0 Å². The lowest BCUT2D eigenvalue weighted by atomic mass is 10.2. The Bertz CT molecular complexity index is 585. The number of aromatic nitrogens is 3. The minimum absolute atomic E-state index is 0. The standard InChI is InChI=1S/C16H23ClN6.HI/c1-2-19-16(20-7-3-10-23-11-9-18-13-23)21-8-6-14-4-5-15(17)22-12-14;/h4-5,9,11-13H,2-3,6-8,10H2,1H3,(H2,19,20,21);1H. The molecule has 24 heavy (non-hydrogen) atoms. The Morgan fingerprint density at radius 1 is 1.33 bits per heavy atom. The molecule has 8 heteroatoms. The Labute approximate surface area is 165 Å². The third-order valence-electron chi connectivity index (χ3n) is 3.24. The van der Waals surface area contributed by atoms with Crippen LogP contribution in [0.4, 0.5) is 0 Å². The van der Waals surface area contributed by atoms with Gasteiger partial charge >= 0.3 is 0 Å². The molecule has 0 unspecified atom stereocenters. The van der Waals surface area contributed by atoms with Crippen LogP contribution in [0.2, 0.25) is 5.15 Å². The maximum Gasteiger partial charge on any atom is 0.191 e. The predicted molar refractivity (Wildman–Crippen MR) is 109 cm³/mol. The number of nitrogens with zero attached hydrogens (tertiary/aromatic N) is 4. The number of nitrogens with one attached hydrogen (secondary N) is 2. The fraction of sp³-hybridized carbons (Fsp3) is 0.438. The van der Waals surface area contributed by atoms with Crippen molar-refractivity contribution in [3.63, 3.8) is 0 Å². The molecule has 0 aliphatic carbocycles. The Morgan fingerprint density at radius 3 is 2.88 bits per heavy atom. The van der Waals surface area contributed by atoms with E-state index in [0.717, 1.165) is 50.5 Å². The maximum absolute atomic E-state index is 5.78. The molecule has 0 aliphatic rings. The average Bonchev–Trinajstić information content (AvgIpc) is 3.07. The van der Waals surface area contributed by atoms with Crippen molar-refractivity contribution in [1.29, 1.82) is 0 Å². The lowest BCUT2D eigenvalue weighted by Gasteiger charge is -2.11. The number of halogens is 2. The lowest BCUT2D eigenvalue weighted by Crippen LogP contribution is -2.38. The van der Waals surface area contributed by atoms with Gasteiger partial charge in [0.25, 0.3) is 0 Å². The van der Waals surface area contributed by atoms with Crippen LogP contribution >= 0.6 is 35.6 Å². The van der Waals surface area contributed by atoms with Gasteiger partial charge in [-0.25, -0.2) is 9.97 Å². The van der Waals surface area contributed by atoms with Gasteiger partial charge in [0.2, 0.25) is 0 Å². The van der Waals surface area contributed by atoms with E-state index in [1.807, 2.05) is 24.7 Å². The van der Waals surface area contributed by atoms with Crippen LogP contribution in [-0.4, -0.2) is 40.1 Å². The molecule has 6 nitrogen and oxygen atoms in total. The number of aryl methyl sites for hydroxylation is 1. The second kappa shape index (κ2) is 12.1. The Balaban J connectivity index is 0.00000288. The van der Waals surface area contributed by atoms with Crippen LogP contribution in [0.15, 0.2) is 42.0 Å². The molecular weight excluding hydrogens is 439 g/mol. The van der Waals surface area contributed by atoms with Crippen molar-refractivity contribution in [3.05, 3.63) is 47.8 Å². The van der Waals surface area contributed by atoms with Gasteiger partial charge in [0, 0.05) is 44.8 Å². The van der Waals surface area contributed by atoms with E-state index in [1.54, 1.807) is 12.4 Å². The molecular formula is C16H24ClIN6. The summed E-state index contributed by atoms with van der Waals surface area (Å²) < 4.78 is 2.06. The average molecular weight is 463 g/mol. The van der Waals surface area contributed by atoms with Crippen molar-refractivity contribution in [2.45, 2.75) is 26.3 Å². The van der Waals surface area contributed by atoms with Gasteiger partial charge < -0.3 is 15.2 Å². The molecule has 0 spiro atoms. The molecule has 2 rings (SSSR count). The van der Waals surface area contributed by atoms with Crippen molar-refractivity contribution in [2.75, 3.05) is 19.6 Å². The van der Waals surface area contributed by atoms with Gasteiger partial charge in [-0.2, -0.15) is 0 Å². The summed E-state index contributed by atoms with van der Waals surface area (Å²) in [5.74, 6) is 0.847. The molecule has 2 aromatic heterocycles. The van der Waals surface area contributed by atoms with Crippen LogP contribution in [0.5, 0.6) is 0 Å². The molecule has 2 N–H and O–H groups in total. The highest BCUT2D eigenvalue weighted by Gasteiger charge is 1.99. The smallest absolute Gasteiger partial charge is 0.191 e. The predicted octanol–water partition coefficient (Wildman–Crippen LogP) is 2.74. The highest BCUT2D eigenvalue weighted by atomic mass is 127. The van der Waals surface area contributed by atoms with Crippen molar-refractivity contribution in [3.8, 4) is 0 Å². The first kappa shape index (κ1) is 20.7. The summed E-state index contributed by atoms with van der Waals surface area (Å²) in [6.45, 7) is 5.41. The Kier molecular flexibility index (Phi) is 10.4. The van der Waals surface area contributed by atoms with Crippen molar-refractivity contribution in [2.24, 2.45) is 4.99 Å². The summed E-state index contributed by atoms with van der Waals surface area (Å²) in [6, 6.07) is 3.80. The zero-order chi connectivity index (χ0) is 16.3. The SMILES string of the molecule is CCNC(=NCCCn1ccnc1)NCCc1ccc(Cl)nc1.I. The highest BCUT2D eigenvalue weighted by Crippen LogP contribution is 2.05. The van der Waals surface area contributed by atoms with E-state index >= 15 is 0 Å². The van der Waals surface area contributed by atoms with E-state index in [2.05, 4.69) is 37.1 Å². The molecule has 0 amide bonds. The van der Waals surface area contributed by atoms with Crippen molar-refractivity contribution in [1.82, 2.24) is 25.2 Å². The largest absolute Gasteiger partial charge is 0.357 e. The van der Waals surface area contributed by atoms with Crippen LogP contribution in [0.3, 0.4) is 0 Å². The summed E-state index contributed by atoms with van der Waals surface area (Å²) in [6.07, 6.45) is 9.25. The second-order valence-electron chi connectivity index (χ2n) is 5.08. The fourth-order valence-electron chi connectivity index (χ4n) is 2.08. The van der Waals surface area contributed by atoms with E-state index < -0.39 is 0 Å². The maximum atomic E-state index is 5.78. The Morgan fingerprint density at radius 2 is 2.21 bits per heavy atom. The van der Waals surface area contributed by atoms with Gasteiger partial charge in [0.05, 0.1) is 6.33 Å². The molecule has 0 bridgehead atoms. The Hall–Kier alpha value is -1.35. The monoisotopic (exact) mass is 462 g/mol. The number of pyridine rings is 1. The summed E-state index contributed by atoms with van der Waals surface area (Å²) >= 11 is 5.78. The van der Waals surface area contributed by atoms with Gasteiger partial charge in [-0.1, -0.05) is 17.7 Å². The van der Waals surface area contributed by atoms with Crippen molar-refractivity contribution >= 4 is 41.5 Å². The van der Waals surface area contributed by atoms with Crippen molar-refractivity contribution < 1.29 is 0 Å². The van der Waals surface area contributed by atoms with Gasteiger partial charge in [0.1, 0.15) is 5.15 Å². The number of hydrogen-bond acceptors (Lipinski definition) is 3. The first-order chi connectivity index (χ1) is 11.3. The van der Waals surface area contributed by atoms with Crippen LogP contribution in [0.25, 0.3) is 0 Å². The fourth-order valence-corrected chi connectivity index (χ4v) is 2.20. The number of aliphatic imine (C=N–C) groups is 1. The number of guanidine groups is 1. The normalized spacial score (nSPS) is 11.0. The quantitative estimate of drug-likeness (QED) is 0.208. The molecule has 132 valence electrons. The zero-order valence-electron chi connectivity index (χ0n) is 13.8. The van der Waals surface area contributed by atoms with E-state index in [9.17, 15) is 0 Å². The first-order valence-corrected chi connectivity index (χ1v) is 8.24. The molecule has 0 atom stereocenters. The highest BCUT2D eigenvalue weighted by molar-refractivity contribution is 14.0. The van der Waals surface area contributed by atoms with E-state index in [1.165, 1.54) is 0 Å². The summed E-state index contributed by atoms with van der Waals surface area (Å²) in [4.78, 5) is 12.7. The second-order valence-corrected chi connectivity index (χ2v) is 5.47. The third-order valence-corrected chi connectivity index (χ3v) is 3.47. The minimum Gasteiger partial charge on any atom is -0.357 e. The van der Waals surface area contributed by atoms with Crippen LogP contribution in [-0.2, 0) is 13.0 Å². The third kappa shape index (κ3) is 7.96. The van der Waals surface area contributed by atoms with E-state index in [0.29, 0.717) is 5.15 Å². The van der Waals surface area contributed by atoms with Gasteiger partial charge in [-0.05, 0) is 31.4 Å². The summed E-state index contributed by atoms with van der Waals surface area (Å²) in [5.41, 5.74) is 1.15. The minimum atomic E-state index is 0. The van der Waals surface area contributed by atoms with Gasteiger partial charge in [0.15, 0.2) is 5.96 Å². The van der Waals surface area contributed by atoms with Gasteiger partial charge in [-0.15, -0.1) is 24.0 Å². The number of imidazole rings is 1. The topological polar surface area (TPSA) is 67.1 Å². The lowest BCUT2D eigenvalue weighted by molar-refractivity contribution is 0.647. The van der Waals surface area contributed by atoms with Gasteiger partial charge in [-0.3, -0.25) is 4.99 Å². The van der Waals surface area contributed by atoms with Crippen LogP contribution in [0.1, 0.15) is 18.9 Å². The first-order valence-electron chi connectivity index (χ1n) is 7.86.